The predicted molar refractivity (Wildman–Crippen MR) is 57.7 cm³/mol. The minimum absolute atomic E-state index is 0.0393. The first kappa shape index (κ1) is 10.0. The van der Waals surface area contributed by atoms with Crippen molar-refractivity contribution >= 4 is 23.2 Å². The van der Waals surface area contributed by atoms with Crippen LogP contribution in [0.25, 0.3) is 0 Å². The fraction of sp³-hybridized carbons (Fsp3) is 0.273. The van der Waals surface area contributed by atoms with Crippen molar-refractivity contribution in [3.8, 4) is 6.07 Å². The Hall–Kier alpha value is -1.53. The summed E-state index contributed by atoms with van der Waals surface area (Å²) in [5.41, 5.74) is 1.72. The fourth-order valence-corrected chi connectivity index (χ4v) is 1.97. The molecule has 4 heteroatoms. The lowest BCUT2D eigenvalue weighted by Crippen LogP contribution is -2.11. The zero-order valence-electron chi connectivity index (χ0n) is 7.96. The summed E-state index contributed by atoms with van der Waals surface area (Å²) < 4.78 is 0. The first-order valence-corrected chi connectivity index (χ1v) is 5.07. The van der Waals surface area contributed by atoms with Crippen LogP contribution in [0, 0.1) is 11.3 Å². The zero-order chi connectivity index (χ0) is 10.8. The van der Waals surface area contributed by atoms with E-state index in [1.165, 1.54) is 0 Å². The highest BCUT2D eigenvalue weighted by molar-refractivity contribution is 6.31. The van der Waals surface area contributed by atoms with Crippen molar-refractivity contribution in [2.24, 2.45) is 0 Å². The van der Waals surface area contributed by atoms with E-state index in [2.05, 4.69) is 5.32 Å². The van der Waals surface area contributed by atoms with Gasteiger partial charge in [0.25, 0.3) is 0 Å². The Balaban J connectivity index is 2.32. The van der Waals surface area contributed by atoms with Crippen LogP contribution >= 0.6 is 11.6 Å². The second-order valence-electron chi connectivity index (χ2n) is 3.47. The van der Waals surface area contributed by atoms with Crippen molar-refractivity contribution in [3.05, 3.63) is 28.8 Å². The highest BCUT2D eigenvalue weighted by atomic mass is 35.5. The van der Waals surface area contributed by atoms with Gasteiger partial charge < -0.3 is 5.32 Å². The van der Waals surface area contributed by atoms with Crippen LogP contribution in [0.4, 0.5) is 5.69 Å². The zero-order valence-corrected chi connectivity index (χ0v) is 8.71. The van der Waals surface area contributed by atoms with Crippen molar-refractivity contribution in [1.82, 2.24) is 0 Å². The van der Waals surface area contributed by atoms with Gasteiger partial charge >= 0.3 is 0 Å². The lowest BCUT2D eigenvalue weighted by atomic mass is 9.96. The Labute approximate surface area is 92.7 Å². The average Bonchev–Trinajstić information content (AvgIpc) is 2.51. The highest BCUT2D eigenvalue weighted by Gasteiger charge is 2.29. The van der Waals surface area contributed by atoms with Crippen LogP contribution in [-0.4, -0.2) is 5.91 Å². The number of halogens is 1. The number of rotatable bonds is 2. The van der Waals surface area contributed by atoms with Gasteiger partial charge in [-0.15, -0.1) is 0 Å². The van der Waals surface area contributed by atoms with Crippen molar-refractivity contribution < 1.29 is 4.79 Å². The van der Waals surface area contributed by atoms with E-state index >= 15 is 0 Å². The van der Waals surface area contributed by atoms with Gasteiger partial charge in [-0.25, -0.2) is 0 Å². The number of nitrogens with zero attached hydrogens (tertiary/aromatic N) is 1. The van der Waals surface area contributed by atoms with E-state index in [4.69, 9.17) is 16.9 Å². The van der Waals surface area contributed by atoms with Crippen LogP contribution in [-0.2, 0) is 4.79 Å². The van der Waals surface area contributed by atoms with Crippen LogP contribution in [0.5, 0.6) is 0 Å². The third kappa shape index (κ3) is 1.81. The maximum atomic E-state index is 11.6. The molecule has 0 fully saturated rings. The Kier molecular flexibility index (Phi) is 2.61. The quantitative estimate of drug-likeness (QED) is 0.833. The number of nitriles is 1. The first-order chi connectivity index (χ1) is 7.22. The summed E-state index contributed by atoms with van der Waals surface area (Å²) >= 11 is 5.87. The van der Waals surface area contributed by atoms with E-state index < -0.39 is 0 Å². The molecule has 2 rings (SSSR count). The molecule has 1 atom stereocenters. The molecule has 1 N–H and O–H groups in total. The Morgan fingerprint density at radius 3 is 3.07 bits per heavy atom. The van der Waals surface area contributed by atoms with Crippen LogP contribution in [0.15, 0.2) is 18.2 Å². The summed E-state index contributed by atoms with van der Waals surface area (Å²) in [6, 6.07) is 7.37. The molecule has 1 aliphatic heterocycles. The topological polar surface area (TPSA) is 52.9 Å². The number of anilines is 1. The molecular formula is C11H9ClN2O. The SMILES string of the molecule is N#CCCC1C(=O)Nc2ccc(Cl)cc21. The monoisotopic (exact) mass is 220 g/mol. The Morgan fingerprint density at radius 2 is 2.33 bits per heavy atom. The minimum atomic E-state index is -0.224. The van der Waals surface area contributed by atoms with Crippen LogP contribution in [0.3, 0.4) is 0 Å². The molecule has 0 spiro atoms. The molecule has 0 bridgehead atoms. The molecule has 1 heterocycles. The molecule has 1 amide bonds. The number of carbonyl (C=O) groups is 1. The predicted octanol–water partition coefficient (Wildman–Crippen LogP) is 2.68. The first-order valence-electron chi connectivity index (χ1n) is 4.69. The van der Waals surface area contributed by atoms with Gasteiger partial charge in [0.1, 0.15) is 0 Å². The largest absolute Gasteiger partial charge is 0.325 e. The third-order valence-corrected chi connectivity index (χ3v) is 2.74. The number of fused-ring (bicyclic) bond motifs is 1. The number of carbonyl (C=O) groups excluding carboxylic acids is 1. The standard InChI is InChI=1S/C11H9ClN2O/c12-7-3-4-10-9(6-7)8(2-1-5-13)11(15)14-10/h3-4,6,8H,1-2H2,(H,14,15). The number of nitrogens with one attached hydrogen (secondary N) is 1. The molecule has 15 heavy (non-hydrogen) atoms. The molecule has 1 aromatic carbocycles. The van der Waals surface area contributed by atoms with Gasteiger partial charge in [-0.1, -0.05) is 11.6 Å². The summed E-state index contributed by atoms with van der Waals surface area (Å²) in [5.74, 6) is -0.263. The van der Waals surface area contributed by atoms with Gasteiger partial charge in [0, 0.05) is 17.1 Å². The van der Waals surface area contributed by atoms with Crippen LogP contribution < -0.4 is 5.32 Å². The normalized spacial score (nSPS) is 18.1. The van der Waals surface area contributed by atoms with E-state index in [9.17, 15) is 4.79 Å². The van der Waals surface area contributed by atoms with E-state index in [1.54, 1.807) is 18.2 Å². The van der Waals surface area contributed by atoms with Gasteiger partial charge in [0.05, 0.1) is 12.0 Å². The van der Waals surface area contributed by atoms with E-state index in [1.807, 2.05) is 6.07 Å². The van der Waals surface area contributed by atoms with Crippen molar-refractivity contribution in [3.63, 3.8) is 0 Å². The Morgan fingerprint density at radius 1 is 1.53 bits per heavy atom. The maximum absolute atomic E-state index is 11.6. The molecule has 3 nitrogen and oxygen atoms in total. The maximum Gasteiger partial charge on any atom is 0.232 e. The summed E-state index contributed by atoms with van der Waals surface area (Å²) in [7, 11) is 0. The van der Waals surface area contributed by atoms with Gasteiger partial charge in [-0.05, 0) is 30.2 Å². The molecule has 0 aromatic heterocycles. The van der Waals surface area contributed by atoms with Gasteiger partial charge in [-0.3, -0.25) is 4.79 Å². The fourth-order valence-electron chi connectivity index (χ4n) is 1.79. The molecule has 0 aliphatic carbocycles. The minimum Gasteiger partial charge on any atom is -0.325 e. The lowest BCUT2D eigenvalue weighted by molar-refractivity contribution is -0.117. The molecule has 1 aromatic rings. The Bertz CT molecular complexity index is 450. The molecule has 0 saturated carbocycles. The molecule has 1 aliphatic rings. The van der Waals surface area contributed by atoms with Crippen molar-refractivity contribution in [2.45, 2.75) is 18.8 Å². The molecule has 76 valence electrons. The van der Waals surface area contributed by atoms with Crippen LogP contribution in [0.2, 0.25) is 5.02 Å². The van der Waals surface area contributed by atoms with E-state index in [0.717, 1.165) is 11.3 Å². The lowest BCUT2D eigenvalue weighted by Gasteiger charge is -2.05. The van der Waals surface area contributed by atoms with Gasteiger partial charge in [0.15, 0.2) is 0 Å². The van der Waals surface area contributed by atoms with E-state index in [0.29, 0.717) is 17.9 Å². The van der Waals surface area contributed by atoms with Gasteiger partial charge in [-0.2, -0.15) is 5.26 Å². The molecule has 1 unspecified atom stereocenters. The van der Waals surface area contributed by atoms with Crippen molar-refractivity contribution in [1.29, 1.82) is 5.26 Å². The molecule has 0 saturated heterocycles. The second kappa shape index (κ2) is 3.92. The highest BCUT2D eigenvalue weighted by Crippen LogP contribution is 2.36. The van der Waals surface area contributed by atoms with Gasteiger partial charge in [0.2, 0.25) is 5.91 Å². The molecule has 0 radical (unpaired) electrons. The average molecular weight is 221 g/mol. The number of hydrogen-bond acceptors (Lipinski definition) is 2. The second-order valence-corrected chi connectivity index (χ2v) is 3.91. The van der Waals surface area contributed by atoms with Crippen LogP contribution in [0.1, 0.15) is 24.3 Å². The summed E-state index contributed by atoms with van der Waals surface area (Å²) in [4.78, 5) is 11.6. The molecular weight excluding hydrogens is 212 g/mol. The summed E-state index contributed by atoms with van der Waals surface area (Å²) in [6.45, 7) is 0. The number of hydrogen-bond donors (Lipinski definition) is 1. The third-order valence-electron chi connectivity index (χ3n) is 2.51. The smallest absolute Gasteiger partial charge is 0.232 e. The summed E-state index contributed by atoms with van der Waals surface area (Å²) in [6.07, 6.45) is 0.930. The summed E-state index contributed by atoms with van der Waals surface area (Å²) in [5, 5.41) is 11.9. The van der Waals surface area contributed by atoms with Crippen molar-refractivity contribution in [2.75, 3.05) is 5.32 Å². The number of amides is 1. The van der Waals surface area contributed by atoms with E-state index in [-0.39, 0.29) is 11.8 Å². The number of benzene rings is 1.